The molecule has 5 heteroatoms. The van der Waals surface area contributed by atoms with E-state index >= 15 is 0 Å². The lowest BCUT2D eigenvalue weighted by atomic mass is 10.1. The molecule has 0 aliphatic heterocycles. The first-order valence-electron chi connectivity index (χ1n) is 7.97. The van der Waals surface area contributed by atoms with Gasteiger partial charge in [0.25, 0.3) is 0 Å². The molecule has 1 heterocycles. The molecule has 0 spiro atoms. The summed E-state index contributed by atoms with van der Waals surface area (Å²) in [6.45, 7) is 0. The zero-order valence-electron chi connectivity index (χ0n) is 13.9. The number of fused-ring (bicyclic) bond motifs is 2. The molecule has 0 saturated heterocycles. The van der Waals surface area contributed by atoms with E-state index < -0.39 is 11.6 Å². The van der Waals surface area contributed by atoms with Gasteiger partial charge in [0, 0.05) is 11.5 Å². The van der Waals surface area contributed by atoms with Crippen molar-refractivity contribution in [3.05, 3.63) is 82.7 Å². The van der Waals surface area contributed by atoms with Gasteiger partial charge >= 0.3 is 11.6 Å². The summed E-state index contributed by atoms with van der Waals surface area (Å²) >= 11 is 0. The Labute approximate surface area is 148 Å². The molecule has 0 N–H and O–H groups in total. The lowest BCUT2D eigenvalue weighted by Crippen LogP contribution is -2.18. The first kappa shape index (κ1) is 15.9. The van der Waals surface area contributed by atoms with Crippen molar-refractivity contribution in [2.24, 2.45) is 0 Å². The molecule has 4 aromatic rings. The fraction of sp³-hybridized carbons (Fsp3) is 0.0476. The second-order valence-corrected chi connectivity index (χ2v) is 5.75. The van der Waals surface area contributed by atoms with Gasteiger partial charge in [-0.1, -0.05) is 30.3 Å². The third-order valence-corrected chi connectivity index (χ3v) is 4.09. The van der Waals surface area contributed by atoms with Crippen molar-refractivity contribution in [3.8, 4) is 11.5 Å². The van der Waals surface area contributed by atoms with Crippen LogP contribution in [0.1, 0.15) is 10.4 Å². The van der Waals surface area contributed by atoms with Crippen molar-refractivity contribution < 1.29 is 18.7 Å². The topological polar surface area (TPSA) is 65.7 Å². The van der Waals surface area contributed by atoms with E-state index in [0.717, 1.165) is 10.8 Å². The average molecular weight is 346 g/mol. The monoisotopic (exact) mass is 346 g/mol. The minimum Gasteiger partial charge on any atom is -0.497 e. The Hall–Kier alpha value is -3.60. The molecule has 26 heavy (non-hydrogen) atoms. The summed E-state index contributed by atoms with van der Waals surface area (Å²) in [6.07, 6.45) is 0. The molecule has 0 bridgehead atoms. The standard InChI is InChI=1S/C21H14O5/c1-24-16-8-7-15-11-18(21(23)26-19(15)12-16)20(22)25-17-9-6-13-4-2-3-5-14(13)10-17/h2-12H,1H3. The van der Waals surface area contributed by atoms with Crippen molar-refractivity contribution in [2.75, 3.05) is 7.11 Å². The molecule has 128 valence electrons. The molecule has 0 aliphatic rings. The molecule has 0 radical (unpaired) electrons. The Balaban J connectivity index is 1.68. The Morgan fingerprint density at radius 3 is 2.38 bits per heavy atom. The molecule has 0 fully saturated rings. The quantitative estimate of drug-likeness (QED) is 0.316. The molecule has 0 unspecified atom stereocenters. The molecular formula is C21H14O5. The van der Waals surface area contributed by atoms with Crippen molar-refractivity contribution in [3.63, 3.8) is 0 Å². The van der Waals surface area contributed by atoms with Crippen LogP contribution in [0.2, 0.25) is 0 Å². The van der Waals surface area contributed by atoms with E-state index in [4.69, 9.17) is 13.9 Å². The summed E-state index contributed by atoms with van der Waals surface area (Å²) in [5, 5.41) is 2.58. The number of rotatable bonds is 3. The number of hydrogen-bond acceptors (Lipinski definition) is 5. The number of benzene rings is 3. The van der Waals surface area contributed by atoms with Crippen molar-refractivity contribution in [1.29, 1.82) is 0 Å². The molecule has 5 nitrogen and oxygen atoms in total. The fourth-order valence-corrected chi connectivity index (χ4v) is 2.75. The lowest BCUT2D eigenvalue weighted by molar-refractivity contribution is 0.0731. The van der Waals surface area contributed by atoms with Crippen LogP contribution < -0.4 is 15.1 Å². The summed E-state index contributed by atoms with van der Waals surface area (Å²) in [4.78, 5) is 24.6. The maximum absolute atomic E-state index is 12.4. The van der Waals surface area contributed by atoms with E-state index in [-0.39, 0.29) is 5.56 Å². The maximum atomic E-state index is 12.4. The van der Waals surface area contributed by atoms with Gasteiger partial charge in [0.1, 0.15) is 22.6 Å². The molecule has 4 rings (SSSR count). The van der Waals surface area contributed by atoms with Crippen LogP contribution >= 0.6 is 0 Å². The second-order valence-electron chi connectivity index (χ2n) is 5.75. The van der Waals surface area contributed by atoms with Crippen LogP contribution in [0.5, 0.6) is 11.5 Å². The van der Waals surface area contributed by atoms with E-state index in [2.05, 4.69) is 0 Å². The molecule has 1 aromatic heterocycles. The molecule has 3 aromatic carbocycles. The SMILES string of the molecule is COc1ccc2cc(C(=O)Oc3ccc4ccccc4c3)c(=O)oc2c1. The third kappa shape index (κ3) is 2.91. The highest BCUT2D eigenvalue weighted by atomic mass is 16.5. The Morgan fingerprint density at radius 2 is 1.58 bits per heavy atom. The van der Waals surface area contributed by atoms with E-state index in [1.807, 2.05) is 30.3 Å². The summed E-state index contributed by atoms with van der Waals surface area (Å²) < 4.78 is 15.7. The Bertz CT molecular complexity index is 1190. The molecule has 0 amide bonds. The number of carbonyl (C=O) groups is 1. The fourth-order valence-electron chi connectivity index (χ4n) is 2.75. The number of esters is 1. The van der Waals surface area contributed by atoms with Gasteiger partial charge in [0.2, 0.25) is 0 Å². The highest BCUT2D eigenvalue weighted by Crippen LogP contribution is 2.23. The lowest BCUT2D eigenvalue weighted by Gasteiger charge is -2.06. The Kier molecular flexibility index (Phi) is 3.89. The van der Waals surface area contributed by atoms with Crippen LogP contribution in [-0.4, -0.2) is 13.1 Å². The normalized spacial score (nSPS) is 10.8. The number of ether oxygens (including phenoxy) is 2. The van der Waals surface area contributed by atoms with Crippen LogP contribution in [0, 0.1) is 0 Å². The molecular weight excluding hydrogens is 332 g/mol. The smallest absolute Gasteiger partial charge is 0.351 e. The van der Waals surface area contributed by atoms with Gasteiger partial charge in [0.15, 0.2) is 0 Å². The van der Waals surface area contributed by atoms with Gasteiger partial charge in [0.05, 0.1) is 7.11 Å². The summed E-state index contributed by atoms with van der Waals surface area (Å²) in [5.41, 5.74) is -0.566. The van der Waals surface area contributed by atoms with Crippen LogP contribution in [0.3, 0.4) is 0 Å². The average Bonchev–Trinajstić information content (AvgIpc) is 2.66. The summed E-state index contributed by atoms with van der Waals surface area (Å²) in [5.74, 6) is 0.168. The van der Waals surface area contributed by atoms with E-state index in [1.54, 1.807) is 30.3 Å². The van der Waals surface area contributed by atoms with Crippen LogP contribution in [0.25, 0.3) is 21.7 Å². The molecule has 0 aliphatic carbocycles. The van der Waals surface area contributed by atoms with Crippen LogP contribution in [0.4, 0.5) is 0 Å². The third-order valence-electron chi connectivity index (χ3n) is 4.09. The van der Waals surface area contributed by atoms with Crippen LogP contribution in [0.15, 0.2) is 75.9 Å². The first-order valence-corrected chi connectivity index (χ1v) is 7.97. The largest absolute Gasteiger partial charge is 0.497 e. The minimum atomic E-state index is -0.758. The predicted molar refractivity (Wildman–Crippen MR) is 97.9 cm³/mol. The number of carbonyl (C=O) groups excluding carboxylic acids is 1. The van der Waals surface area contributed by atoms with Gasteiger partial charge in [-0.15, -0.1) is 0 Å². The highest BCUT2D eigenvalue weighted by molar-refractivity contribution is 5.95. The minimum absolute atomic E-state index is 0.157. The Morgan fingerprint density at radius 1 is 0.846 bits per heavy atom. The number of methoxy groups -OCH3 is 1. The van der Waals surface area contributed by atoms with Crippen molar-refractivity contribution in [1.82, 2.24) is 0 Å². The van der Waals surface area contributed by atoms with E-state index in [1.165, 1.54) is 13.2 Å². The van der Waals surface area contributed by atoms with Crippen molar-refractivity contribution >= 4 is 27.7 Å². The second kappa shape index (κ2) is 6.37. The van der Waals surface area contributed by atoms with Gasteiger partial charge in [-0.05, 0) is 41.1 Å². The highest BCUT2D eigenvalue weighted by Gasteiger charge is 2.16. The summed E-state index contributed by atoms with van der Waals surface area (Å²) in [6, 6.07) is 19.5. The van der Waals surface area contributed by atoms with E-state index in [9.17, 15) is 9.59 Å². The first-order chi connectivity index (χ1) is 12.6. The van der Waals surface area contributed by atoms with Gasteiger partial charge in [-0.25, -0.2) is 9.59 Å². The molecule has 0 saturated carbocycles. The predicted octanol–water partition coefficient (Wildman–Crippen LogP) is 4.17. The zero-order valence-corrected chi connectivity index (χ0v) is 13.9. The van der Waals surface area contributed by atoms with Gasteiger partial charge < -0.3 is 13.9 Å². The van der Waals surface area contributed by atoms with Gasteiger partial charge in [-0.2, -0.15) is 0 Å². The molecule has 0 atom stereocenters. The van der Waals surface area contributed by atoms with Crippen molar-refractivity contribution in [2.45, 2.75) is 0 Å². The maximum Gasteiger partial charge on any atom is 0.351 e. The zero-order chi connectivity index (χ0) is 18.1. The van der Waals surface area contributed by atoms with Crippen LogP contribution in [-0.2, 0) is 0 Å². The van der Waals surface area contributed by atoms with Gasteiger partial charge in [-0.3, -0.25) is 0 Å². The number of hydrogen-bond donors (Lipinski definition) is 0. The summed E-state index contributed by atoms with van der Waals surface area (Å²) in [7, 11) is 1.52. The van der Waals surface area contributed by atoms with E-state index in [0.29, 0.717) is 22.5 Å².